The number of nitrogens with two attached hydrogens (primary N) is 1. The monoisotopic (exact) mass is 291 g/mol. The number of rotatable bonds is 8. The molecule has 0 heterocycles. The van der Waals surface area contributed by atoms with E-state index in [1.165, 1.54) is 0 Å². The highest BCUT2D eigenvalue weighted by Gasteiger charge is 2.06. The van der Waals surface area contributed by atoms with Crippen molar-refractivity contribution in [1.29, 1.82) is 0 Å². The fourth-order valence-electron chi connectivity index (χ4n) is 1.30. The van der Waals surface area contributed by atoms with Crippen LogP contribution in [0.4, 0.5) is 5.69 Å². The molecule has 0 aromatic heterocycles. The third kappa shape index (κ3) is 5.35. The molecule has 1 atom stereocenters. The van der Waals surface area contributed by atoms with Crippen LogP contribution in [0.5, 0.6) is 0 Å². The third-order valence-corrected chi connectivity index (χ3v) is 4.05. The van der Waals surface area contributed by atoms with Crippen LogP contribution in [0.15, 0.2) is 23.1 Å². The summed E-state index contributed by atoms with van der Waals surface area (Å²) in [5.74, 6) is 0.549. The molecule has 0 bridgehead atoms. The largest absolute Gasteiger partial charge is 0.398 e. The van der Waals surface area contributed by atoms with Crippen LogP contribution in [-0.4, -0.2) is 36.9 Å². The predicted octanol–water partition coefficient (Wildman–Crippen LogP) is 2.08. The van der Waals surface area contributed by atoms with Crippen molar-refractivity contribution in [3.8, 4) is 0 Å². The Balaban J connectivity index is 2.30. The zero-order valence-corrected chi connectivity index (χ0v) is 11.9. The van der Waals surface area contributed by atoms with Gasteiger partial charge in [0.2, 0.25) is 0 Å². The van der Waals surface area contributed by atoms with Crippen molar-refractivity contribution in [3.05, 3.63) is 23.2 Å². The molecular formula is C12H18ClNO3S. The van der Waals surface area contributed by atoms with Gasteiger partial charge in [-0.15, -0.1) is 0 Å². The predicted molar refractivity (Wildman–Crippen MR) is 74.5 cm³/mol. The number of hydrogen-bond acceptors (Lipinski definition) is 4. The highest BCUT2D eigenvalue weighted by Crippen LogP contribution is 2.21. The van der Waals surface area contributed by atoms with Gasteiger partial charge < -0.3 is 15.2 Å². The first-order valence-corrected chi connectivity index (χ1v) is 7.35. The van der Waals surface area contributed by atoms with Gasteiger partial charge in [0.25, 0.3) is 0 Å². The van der Waals surface area contributed by atoms with Gasteiger partial charge in [0.15, 0.2) is 0 Å². The quantitative estimate of drug-likeness (QED) is 0.588. The molecule has 1 rings (SSSR count). The Morgan fingerprint density at radius 1 is 1.33 bits per heavy atom. The van der Waals surface area contributed by atoms with Crippen molar-refractivity contribution < 1.29 is 13.7 Å². The van der Waals surface area contributed by atoms with Crippen LogP contribution < -0.4 is 5.73 Å². The molecule has 0 aliphatic heterocycles. The van der Waals surface area contributed by atoms with E-state index < -0.39 is 10.8 Å². The lowest BCUT2D eigenvalue weighted by atomic mass is 10.3. The van der Waals surface area contributed by atoms with E-state index >= 15 is 0 Å². The Labute approximate surface area is 115 Å². The summed E-state index contributed by atoms with van der Waals surface area (Å²) in [4.78, 5) is 0.700. The van der Waals surface area contributed by atoms with Crippen molar-refractivity contribution >= 4 is 28.1 Å². The molecule has 1 aromatic carbocycles. The molecule has 18 heavy (non-hydrogen) atoms. The lowest BCUT2D eigenvalue weighted by molar-refractivity contribution is 0.0713. The van der Waals surface area contributed by atoms with Gasteiger partial charge >= 0.3 is 0 Å². The van der Waals surface area contributed by atoms with Crippen LogP contribution in [0.25, 0.3) is 0 Å². The Morgan fingerprint density at radius 2 is 2.11 bits per heavy atom. The molecule has 0 saturated heterocycles. The second-order valence-corrected chi connectivity index (χ2v) is 5.67. The van der Waals surface area contributed by atoms with Crippen molar-refractivity contribution in [2.75, 3.05) is 38.4 Å². The topological polar surface area (TPSA) is 61.5 Å². The molecule has 0 amide bonds. The summed E-state index contributed by atoms with van der Waals surface area (Å²) in [5, 5.41) is 0.442. The molecule has 0 aliphatic carbocycles. The van der Waals surface area contributed by atoms with E-state index in [2.05, 4.69) is 0 Å². The number of hydrogen-bond donors (Lipinski definition) is 1. The molecule has 0 aliphatic rings. The van der Waals surface area contributed by atoms with Crippen molar-refractivity contribution in [2.45, 2.75) is 11.3 Å². The molecular weight excluding hydrogens is 274 g/mol. The Hall–Kier alpha value is -0.620. The molecule has 6 heteroatoms. The zero-order chi connectivity index (χ0) is 13.4. The van der Waals surface area contributed by atoms with Crippen LogP contribution in [0, 0.1) is 0 Å². The van der Waals surface area contributed by atoms with Gasteiger partial charge in [-0.2, -0.15) is 0 Å². The van der Waals surface area contributed by atoms with E-state index in [1.54, 1.807) is 25.3 Å². The van der Waals surface area contributed by atoms with E-state index in [-0.39, 0.29) is 0 Å². The summed E-state index contributed by atoms with van der Waals surface area (Å²) in [5.41, 5.74) is 6.09. The number of methoxy groups -OCH3 is 1. The van der Waals surface area contributed by atoms with Crippen LogP contribution in [0.3, 0.4) is 0 Å². The Bertz CT molecular complexity index is 401. The number of halogens is 1. The van der Waals surface area contributed by atoms with Crippen LogP contribution in [0.2, 0.25) is 5.02 Å². The number of nitrogen functional groups attached to an aromatic ring is 1. The van der Waals surface area contributed by atoms with Gasteiger partial charge in [-0.05, 0) is 24.6 Å². The highest BCUT2D eigenvalue weighted by atomic mass is 35.5. The average Bonchev–Trinajstić information content (AvgIpc) is 2.36. The fraction of sp³-hybridized carbons (Fsp3) is 0.500. The van der Waals surface area contributed by atoms with E-state index in [4.69, 9.17) is 26.8 Å². The first kappa shape index (κ1) is 15.4. The maximum atomic E-state index is 11.9. The minimum atomic E-state index is -1.06. The highest BCUT2D eigenvalue weighted by molar-refractivity contribution is 7.85. The molecule has 4 nitrogen and oxygen atoms in total. The third-order valence-electron chi connectivity index (χ3n) is 2.29. The van der Waals surface area contributed by atoms with E-state index in [1.807, 2.05) is 0 Å². The second-order valence-electron chi connectivity index (χ2n) is 3.69. The molecule has 102 valence electrons. The minimum absolute atomic E-state index is 0.442. The SMILES string of the molecule is COCCOCCCS(=O)c1ccc(N)c(Cl)c1. The van der Waals surface area contributed by atoms with Gasteiger partial charge in [0.05, 0.1) is 34.7 Å². The smallest absolute Gasteiger partial charge is 0.0700 e. The van der Waals surface area contributed by atoms with Gasteiger partial charge in [0, 0.05) is 24.4 Å². The van der Waals surface area contributed by atoms with Gasteiger partial charge in [-0.25, -0.2) is 0 Å². The number of ether oxygens (including phenoxy) is 2. The maximum Gasteiger partial charge on any atom is 0.0700 e. The van der Waals surface area contributed by atoms with Crippen LogP contribution in [-0.2, 0) is 20.3 Å². The molecule has 1 aromatic rings. The zero-order valence-electron chi connectivity index (χ0n) is 10.4. The Morgan fingerprint density at radius 3 is 2.78 bits per heavy atom. The fourth-order valence-corrected chi connectivity index (χ4v) is 2.63. The van der Waals surface area contributed by atoms with E-state index in [9.17, 15) is 4.21 Å². The summed E-state index contributed by atoms with van der Waals surface area (Å²) in [6.45, 7) is 1.73. The normalized spacial score (nSPS) is 12.6. The standard InChI is InChI=1S/C12H18ClNO3S/c1-16-6-7-17-5-2-8-18(15)10-3-4-12(14)11(13)9-10/h3-4,9H,2,5-8,14H2,1H3. The van der Waals surface area contributed by atoms with Crippen molar-refractivity contribution in [1.82, 2.24) is 0 Å². The number of anilines is 1. The summed E-state index contributed by atoms with van der Waals surface area (Å²) >= 11 is 5.88. The van der Waals surface area contributed by atoms with E-state index in [0.29, 0.717) is 41.2 Å². The van der Waals surface area contributed by atoms with Crippen LogP contribution in [0.1, 0.15) is 6.42 Å². The van der Waals surface area contributed by atoms with Gasteiger partial charge in [-0.1, -0.05) is 11.6 Å². The minimum Gasteiger partial charge on any atom is -0.398 e. The molecule has 0 spiro atoms. The Kier molecular flexibility index (Phi) is 7.27. The maximum absolute atomic E-state index is 11.9. The molecule has 2 N–H and O–H groups in total. The first-order valence-electron chi connectivity index (χ1n) is 5.65. The molecule has 0 radical (unpaired) electrons. The average molecular weight is 292 g/mol. The molecule has 0 saturated carbocycles. The number of benzene rings is 1. The van der Waals surface area contributed by atoms with Crippen molar-refractivity contribution in [2.24, 2.45) is 0 Å². The lowest BCUT2D eigenvalue weighted by Gasteiger charge is -2.05. The lowest BCUT2D eigenvalue weighted by Crippen LogP contribution is -2.06. The first-order chi connectivity index (χ1) is 8.65. The summed E-state index contributed by atoms with van der Waals surface area (Å²) < 4.78 is 22.1. The van der Waals surface area contributed by atoms with Crippen LogP contribution >= 0.6 is 11.6 Å². The summed E-state index contributed by atoms with van der Waals surface area (Å²) in [6, 6.07) is 5.06. The molecule has 1 unspecified atom stereocenters. The van der Waals surface area contributed by atoms with Gasteiger partial charge in [0.1, 0.15) is 0 Å². The van der Waals surface area contributed by atoms with Gasteiger partial charge in [-0.3, -0.25) is 4.21 Å². The van der Waals surface area contributed by atoms with E-state index in [0.717, 1.165) is 6.42 Å². The molecule has 0 fully saturated rings. The van der Waals surface area contributed by atoms with Crippen molar-refractivity contribution in [3.63, 3.8) is 0 Å². The second kappa shape index (κ2) is 8.48. The summed E-state index contributed by atoms with van der Waals surface area (Å²) in [7, 11) is 0.568. The summed E-state index contributed by atoms with van der Waals surface area (Å²) in [6.07, 6.45) is 0.734.